The number of H-pyrrole nitrogens is 2. The molecule has 4 rings (SSSR count). The number of fused-ring (bicyclic) bond motifs is 2. The van der Waals surface area contributed by atoms with E-state index in [4.69, 9.17) is 10.5 Å². The van der Waals surface area contributed by atoms with Crippen LogP contribution in [0.5, 0.6) is 0 Å². The van der Waals surface area contributed by atoms with Crippen LogP contribution in [-0.4, -0.2) is 39.2 Å². The van der Waals surface area contributed by atoms with Crippen molar-refractivity contribution in [2.45, 2.75) is 0 Å². The molecule has 1 aromatic carbocycles. The van der Waals surface area contributed by atoms with Gasteiger partial charge in [-0.05, 0) is 29.8 Å². The Labute approximate surface area is 141 Å². The molecule has 3 aromatic heterocycles. The van der Waals surface area contributed by atoms with Gasteiger partial charge in [0.05, 0.1) is 18.9 Å². The van der Waals surface area contributed by atoms with Gasteiger partial charge < -0.3 is 15.5 Å². The van der Waals surface area contributed by atoms with Gasteiger partial charge in [0, 0.05) is 28.0 Å². The lowest BCUT2D eigenvalue weighted by atomic mass is 10.0. The van der Waals surface area contributed by atoms with Gasteiger partial charge in [0.2, 0.25) is 0 Å². The molecule has 8 nitrogen and oxygen atoms in total. The molecule has 4 aromatic rings. The number of carbonyl (C=O) groups excluding carboxylic acids is 2. The van der Waals surface area contributed by atoms with E-state index in [-0.39, 0.29) is 5.69 Å². The number of ether oxygens (including phenoxy) is 1. The lowest BCUT2D eigenvalue weighted by Gasteiger charge is -2.05. The molecule has 1 amide bonds. The number of nitrogens with two attached hydrogens (primary N) is 1. The van der Waals surface area contributed by atoms with E-state index < -0.39 is 11.9 Å². The Balaban J connectivity index is 2.01. The summed E-state index contributed by atoms with van der Waals surface area (Å²) in [5.41, 5.74) is 8.80. The normalized spacial score (nSPS) is 11.1. The summed E-state index contributed by atoms with van der Waals surface area (Å²) < 4.78 is 4.78. The molecule has 25 heavy (non-hydrogen) atoms. The molecule has 0 saturated heterocycles. The molecule has 0 aliphatic carbocycles. The molecule has 0 radical (unpaired) electrons. The van der Waals surface area contributed by atoms with Crippen LogP contribution >= 0.6 is 0 Å². The summed E-state index contributed by atoms with van der Waals surface area (Å²) in [7, 11) is 1.33. The minimum absolute atomic E-state index is 0.130. The average molecular weight is 335 g/mol. The zero-order valence-electron chi connectivity index (χ0n) is 13.2. The Morgan fingerprint density at radius 2 is 2.00 bits per heavy atom. The fourth-order valence-electron chi connectivity index (χ4n) is 2.87. The minimum atomic E-state index is -0.632. The van der Waals surface area contributed by atoms with E-state index in [1.165, 1.54) is 7.11 Å². The molecule has 0 atom stereocenters. The first-order chi connectivity index (χ1) is 12.1. The number of rotatable bonds is 3. The lowest BCUT2D eigenvalue weighted by Crippen LogP contribution is -2.13. The Bertz CT molecular complexity index is 1140. The Hall–Kier alpha value is -3.68. The van der Waals surface area contributed by atoms with Crippen LogP contribution in [0.2, 0.25) is 0 Å². The van der Waals surface area contributed by atoms with Gasteiger partial charge in [0.1, 0.15) is 5.69 Å². The smallest absolute Gasteiger partial charge is 0.337 e. The van der Waals surface area contributed by atoms with E-state index in [1.807, 2.05) is 0 Å². The monoisotopic (exact) mass is 335 g/mol. The van der Waals surface area contributed by atoms with Crippen LogP contribution in [0, 0.1) is 0 Å². The van der Waals surface area contributed by atoms with Crippen LogP contribution in [0.25, 0.3) is 33.1 Å². The molecule has 4 N–H and O–H groups in total. The molecule has 0 spiro atoms. The fraction of sp³-hybridized carbons (Fsp3) is 0.0588. The van der Waals surface area contributed by atoms with Gasteiger partial charge in [-0.25, -0.2) is 9.78 Å². The van der Waals surface area contributed by atoms with Crippen molar-refractivity contribution < 1.29 is 14.3 Å². The third-order valence-corrected chi connectivity index (χ3v) is 4.07. The number of hydrogen-bond acceptors (Lipinski definition) is 5. The highest BCUT2D eigenvalue weighted by molar-refractivity contribution is 6.07. The van der Waals surface area contributed by atoms with Crippen molar-refractivity contribution in [1.29, 1.82) is 0 Å². The van der Waals surface area contributed by atoms with E-state index in [9.17, 15) is 9.59 Å². The Kier molecular flexibility index (Phi) is 3.24. The molecular formula is C17H13N5O3. The maximum absolute atomic E-state index is 11.8. The predicted octanol–water partition coefficient (Wildman–Crippen LogP) is 1.99. The van der Waals surface area contributed by atoms with Crippen LogP contribution in [-0.2, 0) is 4.74 Å². The Morgan fingerprint density at radius 1 is 1.16 bits per heavy atom. The summed E-state index contributed by atoms with van der Waals surface area (Å²) in [6, 6.07) is 6.84. The van der Waals surface area contributed by atoms with Crippen LogP contribution in [0.3, 0.4) is 0 Å². The standard InChI is InChI=1S/C17H13N5O3/c1-25-17(24)8-2-3-13-10(4-8)11(6-19-13)9-5-14(15(18)23)21-16-12(9)7-20-22-16/h2-7,19H,1H3,(H2,18,23)(H,20,21,22). The van der Waals surface area contributed by atoms with Crippen molar-refractivity contribution in [1.82, 2.24) is 20.2 Å². The average Bonchev–Trinajstić information content (AvgIpc) is 3.26. The molecule has 8 heteroatoms. The first kappa shape index (κ1) is 14.9. The number of esters is 1. The molecule has 0 aliphatic heterocycles. The minimum Gasteiger partial charge on any atom is -0.465 e. The van der Waals surface area contributed by atoms with Crippen molar-refractivity contribution in [2.24, 2.45) is 5.73 Å². The summed E-state index contributed by atoms with van der Waals surface area (Å²) in [5, 5.41) is 8.30. The molecule has 124 valence electrons. The number of carbonyl (C=O) groups is 2. The highest BCUT2D eigenvalue weighted by Gasteiger charge is 2.16. The van der Waals surface area contributed by atoms with Crippen LogP contribution in [0.1, 0.15) is 20.8 Å². The summed E-state index contributed by atoms with van der Waals surface area (Å²) >= 11 is 0. The van der Waals surface area contributed by atoms with Gasteiger partial charge in [-0.1, -0.05) is 0 Å². The lowest BCUT2D eigenvalue weighted by molar-refractivity contribution is 0.0600. The largest absolute Gasteiger partial charge is 0.465 e. The predicted molar refractivity (Wildman–Crippen MR) is 91.0 cm³/mol. The number of primary amides is 1. The van der Waals surface area contributed by atoms with Crippen molar-refractivity contribution >= 4 is 33.8 Å². The van der Waals surface area contributed by atoms with Gasteiger partial charge in [-0.3, -0.25) is 9.89 Å². The van der Waals surface area contributed by atoms with Gasteiger partial charge in [0.25, 0.3) is 5.91 Å². The second-order valence-corrected chi connectivity index (χ2v) is 5.51. The van der Waals surface area contributed by atoms with E-state index >= 15 is 0 Å². The number of aromatic nitrogens is 4. The van der Waals surface area contributed by atoms with E-state index in [0.717, 1.165) is 27.4 Å². The first-order valence-electron chi connectivity index (χ1n) is 7.42. The summed E-state index contributed by atoms with van der Waals surface area (Å²) in [4.78, 5) is 30.7. The van der Waals surface area contributed by atoms with E-state index in [2.05, 4.69) is 20.2 Å². The summed E-state index contributed by atoms with van der Waals surface area (Å²) in [6.45, 7) is 0. The van der Waals surface area contributed by atoms with E-state index in [0.29, 0.717) is 11.2 Å². The molecule has 0 fully saturated rings. The number of aromatic amines is 2. The van der Waals surface area contributed by atoms with Gasteiger partial charge in [0.15, 0.2) is 5.65 Å². The Morgan fingerprint density at radius 3 is 2.76 bits per heavy atom. The van der Waals surface area contributed by atoms with Crippen LogP contribution in [0.4, 0.5) is 0 Å². The number of hydrogen-bond donors (Lipinski definition) is 3. The SMILES string of the molecule is COC(=O)c1ccc2[nH]cc(-c3cc(C(N)=O)nc4[nH]ncc34)c2c1. The second kappa shape index (κ2) is 5.45. The van der Waals surface area contributed by atoms with Crippen molar-refractivity contribution in [3.8, 4) is 11.1 Å². The molecule has 0 unspecified atom stereocenters. The third-order valence-electron chi connectivity index (χ3n) is 4.07. The number of amides is 1. The van der Waals surface area contributed by atoms with Gasteiger partial charge >= 0.3 is 5.97 Å². The number of nitrogens with zero attached hydrogens (tertiary/aromatic N) is 2. The molecular weight excluding hydrogens is 322 g/mol. The van der Waals surface area contributed by atoms with Crippen molar-refractivity contribution in [3.63, 3.8) is 0 Å². The first-order valence-corrected chi connectivity index (χ1v) is 7.42. The highest BCUT2D eigenvalue weighted by Crippen LogP contribution is 2.34. The highest BCUT2D eigenvalue weighted by atomic mass is 16.5. The van der Waals surface area contributed by atoms with Gasteiger partial charge in [-0.2, -0.15) is 5.10 Å². The summed E-state index contributed by atoms with van der Waals surface area (Å²) in [6.07, 6.45) is 3.43. The summed E-state index contributed by atoms with van der Waals surface area (Å²) in [5.74, 6) is -1.05. The molecule has 0 bridgehead atoms. The quantitative estimate of drug-likeness (QED) is 0.493. The van der Waals surface area contributed by atoms with Crippen LogP contribution < -0.4 is 5.73 Å². The van der Waals surface area contributed by atoms with E-state index in [1.54, 1.807) is 36.7 Å². The zero-order valence-corrected chi connectivity index (χ0v) is 13.2. The maximum atomic E-state index is 11.8. The zero-order chi connectivity index (χ0) is 17.6. The number of nitrogens with one attached hydrogen (secondary N) is 2. The van der Waals surface area contributed by atoms with Gasteiger partial charge in [-0.15, -0.1) is 0 Å². The number of benzene rings is 1. The topological polar surface area (TPSA) is 127 Å². The van der Waals surface area contributed by atoms with Crippen LogP contribution in [0.15, 0.2) is 36.7 Å². The molecule has 0 aliphatic rings. The molecule has 3 heterocycles. The number of methoxy groups -OCH3 is 1. The fourth-order valence-corrected chi connectivity index (χ4v) is 2.87. The second-order valence-electron chi connectivity index (χ2n) is 5.51. The maximum Gasteiger partial charge on any atom is 0.337 e. The van der Waals surface area contributed by atoms with Crippen molar-refractivity contribution in [2.75, 3.05) is 7.11 Å². The molecule has 0 saturated carbocycles. The third kappa shape index (κ3) is 2.31. The number of pyridine rings is 1. The van der Waals surface area contributed by atoms with Crippen molar-refractivity contribution in [3.05, 3.63) is 47.9 Å².